The van der Waals surface area contributed by atoms with Crippen molar-refractivity contribution < 1.29 is 42.2 Å². The number of ether oxygens (including phenoxy) is 3. The predicted molar refractivity (Wildman–Crippen MR) is 149 cm³/mol. The van der Waals surface area contributed by atoms with Crippen molar-refractivity contribution in [3.8, 4) is 12.3 Å². The van der Waals surface area contributed by atoms with Crippen LogP contribution in [0.3, 0.4) is 0 Å². The zero-order valence-corrected chi connectivity index (χ0v) is 23.4. The van der Waals surface area contributed by atoms with E-state index < -0.39 is 47.8 Å². The maximum atomic E-state index is 15.2. The second-order valence-electron chi connectivity index (χ2n) is 9.71. The number of anilines is 2. The van der Waals surface area contributed by atoms with E-state index in [1.54, 1.807) is 23.6 Å². The van der Waals surface area contributed by atoms with Crippen molar-refractivity contribution in [3.63, 3.8) is 0 Å². The molecule has 2 saturated heterocycles. The lowest BCUT2D eigenvalue weighted by atomic mass is 10.1. The minimum absolute atomic E-state index is 0.0266. The van der Waals surface area contributed by atoms with Crippen LogP contribution in [-0.2, 0) is 19.0 Å². The number of halogens is 2. The molecule has 2 atom stereocenters. The maximum Gasteiger partial charge on any atom is 0.508 e. The number of carbonyl (C=O) groups is 4. The molecule has 3 amide bonds. The molecule has 0 spiro atoms. The summed E-state index contributed by atoms with van der Waals surface area (Å²) in [6, 6.07) is 2.39. The molecule has 16 heteroatoms. The summed E-state index contributed by atoms with van der Waals surface area (Å²) in [6.45, 7) is 1.62. The maximum absolute atomic E-state index is 15.2. The first-order valence-corrected chi connectivity index (χ1v) is 13.6. The van der Waals surface area contributed by atoms with E-state index in [0.717, 1.165) is 17.0 Å². The average molecular weight is 612 g/mol. The summed E-state index contributed by atoms with van der Waals surface area (Å²) in [7, 11) is 0. The molecule has 0 aliphatic carbocycles. The van der Waals surface area contributed by atoms with Crippen molar-refractivity contribution in [3.05, 3.63) is 54.1 Å². The molecular weight excluding hydrogens is 584 g/mol. The molecule has 0 radical (unpaired) electrons. The molecule has 2 aromatic heterocycles. The first-order chi connectivity index (χ1) is 21.2. The smallest absolute Gasteiger partial charge is 0.440 e. The summed E-state index contributed by atoms with van der Waals surface area (Å²) >= 11 is 0. The largest absolute Gasteiger partial charge is 0.508 e. The standard InChI is InChI=1S/C28H27F2N7O7/c1-3-21(32-24(38)22-15-36-7-5-6-31-26(36)33-22)25(39)35-10-8-34(9-11-35)23-19(29)12-17(13-20(23)30)37-14-18(44-27(37)40)16-43-28(41)42-4-2/h1,5-7,12-13,15,18,21H,4,8-11,14,16H2,2H3,(H,32,38). The van der Waals surface area contributed by atoms with E-state index in [0.29, 0.717) is 5.78 Å². The van der Waals surface area contributed by atoms with E-state index in [4.69, 9.17) is 15.9 Å². The van der Waals surface area contributed by atoms with Gasteiger partial charge in [-0.3, -0.25) is 18.9 Å². The predicted octanol–water partition coefficient (Wildman–Crippen LogP) is 1.59. The molecule has 2 aliphatic heterocycles. The van der Waals surface area contributed by atoms with Crippen LogP contribution in [-0.4, -0.2) is 101 Å². The number of hydrogen-bond donors (Lipinski definition) is 1. The number of nitrogens with one attached hydrogen (secondary N) is 1. The second kappa shape index (κ2) is 12.8. The van der Waals surface area contributed by atoms with Gasteiger partial charge in [-0.05, 0) is 13.0 Å². The Bertz CT molecular complexity index is 1580. The second-order valence-corrected chi connectivity index (χ2v) is 9.71. The van der Waals surface area contributed by atoms with E-state index in [1.165, 1.54) is 22.2 Å². The van der Waals surface area contributed by atoms with Gasteiger partial charge in [0.25, 0.3) is 11.8 Å². The van der Waals surface area contributed by atoms with Gasteiger partial charge in [0.1, 0.15) is 18.0 Å². The lowest BCUT2D eigenvalue weighted by Crippen LogP contribution is -2.55. The van der Waals surface area contributed by atoms with Gasteiger partial charge in [-0.15, -0.1) is 6.42 Å². The third-order valence-corrected chi connectivity index (χ3v) is 6.90. The van der Waals surface area contributed by atoms with Crippen LogP contribution >= 0.6 is 0 Å². The van der Waals surface area contributed by atoms with Gasteiger partial charge in [0.15, 0.2) is 23.8 Å². The Morgan fingerprint density at radius 1 is 1.18 bits per heavy atom. The molecule has 2 unspecified atom stereocenters. The Kier molecular flexibility index (Phi) is 8.74. The quantitative estimate of drug-likeness (QED) is 0.294. The number of benzene rings is 1. The van der Waals surface area contributed by atoms with Gasteiger partial charge in [-0.2, -0.15) is 0 Å². The number of amides is 3. The number of piperazine rings is 1. The first-order valence-electron chi connectivity index (χ1n) is 13.6. The van der Waals surface area contributed by atoms with Gasteiger partial charge < -0.3 is 29.3 Å². The Hall–Kier alpha value is -5.46. The van der Waals surface area contributed by atoms with Gasteiger partial charge in [0.2, 0.25) is 5.78 Å². The van der Waals surface area contributed by atoms with E-state index >= 15 is 8.78 Å². The fraction of sp³-hybridized carbons (Fsp3) is 0.357. The molecule has 0 saturated carbocycles. The van der Waals surface area contributed by atoms with E-state index in [2.05, 4.69) is 25.9 Å². The van der Waals surface area contributed by atoms with E-state index in [9.17, 15) is 19.2 Å². The minimum atomic E-state index is -1.29. The highest BCUT2D eigenvalue weighted by Gasteiger charge is 2.35. The Morgan fingerprint density at radius 3 is 2.57 bits per heavy atom. The van der Waals surface area contributed by atoms with E-state index in [1.807, 2.05) is 0 Å². The molecule has 44 heavy (non-hydrogen) atoms. The van der Waals surface area contributed by atoms with Crippen molar-refractivity contribution in [2.24, 2.45) is 0 Å². The van der Waals surface area contributed by atoms with Crippen molar-refractivity contribution >= 4 is 41.2 Å². The number of rotatable bonds is 8. The summed E-state index contributed by atoms with van der Waals surface area (Å²) in [5.74, 6) is -0.476. The van der Waals surface area contributed by atoms with Crippen LogP contribution in [0.25, 0.3) is 5.78 Å². The lowest BCUT2D eigenvalue weighted by molar-refractivity contribution is -0.132. The molecule has 3 aromatic rings. The van der Waals surface area contributed by atoms with Gasteiger partial charge in [-0.1, -0.05) is 5.92 Å². The Balaban J connectivity index is 1.18. The van der Waals surface area contributed by atoms with Crippen LogP contribution in [0, 0.1) is 24.0 Å². The van der Waals surface area contributed by atoms with Gasteiger partial charge in [-0.25, -0.2) is 28.3 Å². The number of nitrogens with zero attached hydrogens (tertiary/aromatic N) is 6. The number of carbonyl (C=O) groups excluding carboxylic acids is 4. The van der Waals surface area contributed by atoms with Crippen LogP contribution in [0.15, 0.2) is 36.8 Å². The first kappa shape index (κ1) is 30.0. The number of cyclic esters (lactones) is 1. The summed E-state index contributed by atoms with van der Waals surface area (Å²) in [6.07, 6.45) is 7.55. The highest BCUT2D eigenvalue weighted by molar-refractivity contribution is 5.97. The third kappa shape index (κ3) is 6.31. The lowest BCUT2D eigenvalue weighted by Gasteiger charge is -2.37. The molecule has 5 rings (SSSR count). The van der Waals surface area contributed by atoms with Crippen molar-refractivity contribution in [2.75, 3.05) is 55.7 Å². The van der Waals surface area contributed by atoms with Gasteiger partial charge >= 0.3 is 12.2 Å². The average Bonchev–Trinajstić information content (AvgIpc) is 3.62. The number of fused-ring (bicyclic) bond motifs is 1. The molecule has 14 nitrogen and oxygen atoms in total. The monoisotopic (exact) mass is 611 g/mol. The van der Waals surface area contributed by atoms with Crippen molar-refractivity contribution in [2.45, 2.75) is 19.1 Å². The number of hydrogen-bond acceptors (Lipinski definition) is 10. The highest BCUT2D eigenvalue weighted by Crippen LogP contribution is 2.31. The Labute approximate surface area is 249 Å². The molecule has 2 fully saturated rings. The summed E-state index contributed by atoms with van der Waals surface area (Å²) in [5.41, 5.74) is -0.369. The summed E-state index contributed by atoms with van der Waals surface area (Å²) < 4.78 is 46.6. The summed E-state index contributed by atoms with van der Waals surface area (Å²) in [4.78, 5) is 61.5. The fourth-order valence-electron chi connectivity index (χ4n) is 4.80. The van der Waals surface area contributed by atoms with E-state index in [-0.39, 0.29) is 63.0 Å². The minimum Gasteiger partial charge on any atom is -0.440 e. The molecule has 0 bridgehead atoms. The third-order valence-electron chi connectivity index (χ3n) is 6.90. The molecule has 1 aromatic carbocycles. The summed E-state index contributed by atoms with van der Waals surface area (Å²) in [5, 5.41) is 2.48. The SMILES string of the molecule is C#CC(NC(=O)c1cn2cccnc2n1)C(=O)N1CCN(c2c(F)cc(N3CC(COC(=O)OCC)OC3=O)cc2F)CC1. The molecular formula is C28H27F2N7O7. The molecule has 4 heterocycles. The molecule has 2 aliphatic rings. The normalized spacial score (nSPS) is 17.2. The molecule has 230 valence electrons. The zero-order valence-electron chi connectivity index (χ0n) is 23.4. The van der Waals surface area contributed by atoms with Crippen molar-refractivity contribution in [1.82, 2.24) is 24.6 Å². The van der Waals surface area contributed by atoms with Crippen LogP contribution in [0.1, 0.15) is 17.4 Å². The number of imidazole rings is 1. The van der Waals surface area contributed by atoms with Crippen LogP contribution in [0.5, 0.6) is 0 Å². The van der Waals surface area contributed by atoms with Gasteiger partial charge in [0.05, 0.1) is 18.8 Å². The number of aromatic nitrogens is 3. The zero-order chi connectivity index (χ0) is 31.4. The van der Waals surface area contributed by atoms with Gasteiger partial charge in [0, 0.05) is 56.9 Å². The van der Waals surface area contributed by atoms with Crippen LogP contribution in [0.2, 0.25) is 0 Å². The topological polar surface area (TPSA) is 148 Å². The number of terminal acetylenes is 1. The Morgan fingerprint density at radius 2 is 1.91 bits per heavy atom. The van der Waals surface area contributed by atoms with Crippen LogP contribution in [0.4, 0.5) is 29.7 Å². The molecule has 1 N–H and O–H groups in total. The highest BCUT2D eigenvalue weighted by atomic mass is 19.1. The fourth-order valence-corrected chi connectivity index (χ4v) is 4.80. The van der Waals surface area contributed by atoms with Crippen LogP contribution < -0.4 is 15.1 Å². The van der Waals surface area contributed by atoms with Crippen molar-refractivity contribution in [1.29, 1.82) is 0 Å².